The molecule has 0 radical (unpaired) electrons. The van der Waals surface area contributed by atoms with Gasteiger partial charge in [0.2, 0.25) is 0 Å². The number of aromatic nitrogens is 6. The Hall–Kier alpha value is -3.39. The lowest BCUT2D eigenvalue weighted by molar-refractivity contribution is 0.302. The van der Waals surface area contributed by atoms with Crippen LogP contribution in [0, 0.1) is 20.8 Å². The molecule has 0 aliphatic heterocycles. The second kappa shape index (κ2) is 8.03. The van der Waals surface area contributed by atoms with Gasteiger partial charge in [0.15, 0.2) is 0 Å². The van der Waals surface area contributed by atoms with E-state index in [0.29, 0.717) is 17.4 Å². The highest BCUT2D eigenvalue weighted by atomic mass is 35.5. The predicted molar refractivity (Wildman–Crippen MR) is 119 cm³/mol. The molecule has 0 N–H and O–H groups in total. The van der Waals surface area contributed by atoms with Crippen molar-refractivity contribution in [1.82, 2.24) is 29.6 Å². The number of tetrazole rings is 1. The summed E-state index contributed by atoms with van der Waals surface area (Å²) < 4.78 is 10.3. The summed E-state index contributed by atoms with van der Waals surface area (Å²) in [5.41, 5.74) is 5.98. The minimum atomic E-state index is -0.309. The zero-order valence-electron chi connectivity index (χ0n) is 18.0. The van der Waals surface area contributed by atoms with E-state index in [2.05, 4.69) is 15.5 Å². The van der Waals surface area contributed by atoms with Gasteiger partial charge in [0.05, 0.1) is 11.4 Å². The highest BCUT2D eigenvalue weighted by Crippen LogP contribution is 2.31. The van der Waals surface area contributed by atoms with Crippen LogP contribution in [0.15, 0.2) is 41.2 Å². The normalized spacial score (nSPS) is 11.2. The Morgan fingerprint density at radius 2 is 1.77 bits per heavy atom. The molecule has 2 aromatic heterocycles. The molecule has 0 bridgehead atoms. The first-order valence-electron chi connectivity index (χ1n) is 9.78. The quantitative estimate of drug-likeness (QED) is 0.476. The molecule has 160 valence electrons. The summed E-state index contributed by atoms with van der Waals surface area (Å²) in [5, 5.41) is 12.9. The number of hydrogen-bond acceptors (Lipinski definition) is 5. The molecule has 0 spiro atoms. The molecule has 0 atom stereocenters. The van der Waals surface area contributed by atoms with E-state index in [-0.39, 0.29) is 5.69 Å². The van der Waals surface area contributed by atoms with Crippen LogP contribution in [0.25, 0.3) is 16.9 Å². The highest BCUT2D eigenvalue weighted by Gasteiger charge is 2.16. The fourth-order valence-corrected chi connectivity index (χ4v) is 3.66. The van der Waals surface area contributed by atoms with Crippen molar-refractivity contribution in [3.05, 3.63) is 74.3 Å². The van der Waals surface area contributed by atoms with E-state index < -0.39 is 0 Å². The zero-order chi connectivity index (χ0) is 22.3. The van der Waals surface area contributed by atoms with Crippen LogP contribution in [-0.2, 0) is 20.7 Å². The largest absolute Gasteiger partial charge is 0.489 e. The standard InChI is InChI=1S/C22H23ClN6O2/c1-13-7-6-8-18(29-22(30)28(5)25-26-29)17(13)12-31-19-10-9-16(11-14(19)2)20-15(3)21(23)27(4)24-20/h6-11H,12H2,1-5H3. The molecule has 0 unspecified atom stereocenters. The second-order valence-corrected chi connectivity index (χ2v) is 7.88. The maximum Gasteiger partial charge on any atom is 0.368 e. The first-order chi connectivity index (χ1) is 14.8. The molecule has 0 fully saturated rings. The third-order valence-electron chi connectivity index (χ3n) is 5.35. The van der Waals surface area contributed by atoms with Gasteiger partial charge in [-0.15, -0.1) is 0 Å². The second-order valence-electron chi connectivity index (χ2n) is 7.53. The summed E-state index contributed by atoms with van der Waals surface area (Å²) >= 11 is 6.27. The van der Waals surface area contributed by atoms with E-state index in [9.17, 15) is 4.79 Å². The number of halogens is 1. The Kier molecular flexibility index (Phi) is 5.41. The lowest BCUT2D eigenvalue weighted by Crippen LogP contribution is -2.23. The van der Waals surface area contributed by atoms with Crippen LogP contribution in [0.2, 0.25) is 5.15 Å². The van der Waals surface area contributed by atoms with Gasteiger partial charge in [0, 0.05) is 30.8 Å². The van der Waals surface area contributed by atoms with Gasteiger partial charge in [-0.2, -0.15) is 14.5 Å². The van der Waals surface area contributed by atoms with Crippen LogP contribution in [0.1, 0.15) is 22.3 Å². The maximum absolute atomic E-state index is 12.3. The molecule has 0 aliphatic carbocycles. The van der Waals surface area contributed by atoms with E-state index in [1.54, 1.807) is 11.7 Å². The van der Waals surface area contributed by atoms with E-state index in [1.165, 1.54) is 9.36 Å². The van der Waals surface area contributed by atoms with E-state index in [4.69, 9.17) is 16.3 Å². The van der Waals surface area contributed by atoms with Crippen molar-refractivity contribution in [3.8, 4) is 22.7 Å². The molecule has 31 heavy (non-hydrogen) atoms. The number of aryl methyl sites for hydroxylation is 4. The minimum Gasteiger partial charge on any atom is -0.489 e. The zero-order valence-corrected chi connectivity index (χ0v) is 18.8. The van der Waals surface area contributed by atoms with Crippen molar-refractivity contribution in [1.29, 1.82) is 0 Å². The number of rotatable bonds is 5. The molecule has 0 saturated carbocycles. The van der Waals surface area contributed by atoms with Crippen molar-refractivity contribution in [2.45, 2.75) is 27.4 Å². The molecule has 0 amide bonds. The average Bonchev–Trinajstić information content (AvgIpc) is 3.21. The fraction of sp³-hybridized carbons (Fsp3) is 0.273. The Balaban J connectivity index is 1.63. The van der Waals surface area contributed by atoms with Crippen molar-refractivity contribution in [2.24, 2.45) is 14.1 Å². The van der Waals surface area contributed by atoms with Crippen molar-refractivity contribution < 1.29 is 4.74 Å². The van der Waals surface area contributed by atoms with E-state index in [1.807, 2.05) is 64.2 Å². The van der Waals surface area contributed by atoms with Gasteiger partial charge in [-0.25, -0.2) is 4.79 Å². The first kappa shape index (κ1) is 20.9. The number of nitrogens with zero attached hydrogens (tertiary/aromatic N) is 6. The van der Waals surface area contributed by atoms with Crippen LogP contribution in [0.5, 0.6) is 5.75 Å². The van der Waals surface area contributed by atoms with Gasteiger partial charge in [-0.05, 0) is 66.6 Å². The molecular weight excluding hydrogens is 416 g/mol. The summed E-state index contributed by atoms with van der Waals surface area (Å²) in [7, 11) is 3.39. The first-order valence-corrected chi connectivity index (χ1v) is 10.2. The van der Waals surface area contributed by atoms with Gasteiger partial charge in [0.25, 0.3) is 0 Å². The predicted octanol–water partition coefficient (Wildman–Crippen LogP) is 3.52. The van der Waals surface area contributed by atoms with E-state index >= 15 is 0 Å². The fourth-order valence-electron chi connectivity index (χ4n) is 3.53. The summed E-state index contributed by atoms with van der Waals surface area (Å²) in [6.07, 6.45) is 0. The summed E-state index contributed by atoms with van der Waals surface area (Å²) in [5.74, 6) is 0.754. The van der Waals surface area contributed by atoms with Gasteiger partial charge < -0.3 is 4.74 Å². The molecule has 8 nitrogen and oxygen atoms in total. The Bertz CT molecular complexity index is 1330. The smallest absolute Gasteiger partial charge is 0.368 e. The lowest BCUT2D eigenvalue weighted by atomic mass is 10.1. The van der Waals surface area contributed by atoms with Crippen molar-refractivity contribution >= 4 is 11.6 Å². The molecule has 4 aromatic rings. The van der Waals surface area contributed by atoms with Crippen LogP contribution in [0.4, 0.5) is 0 Å². The monoisotopic (exact) mass is 438 g/mol. The summed E-state index contributed by atoms with van der Waals surface area (Å²) in [6, 6.07) is 11.6. The van der Waals surface area contributed by atoms with Gasteiger partial charge in [0.1, 0.15) is 17.5 Å². The van der Waals surface area contributed by atoms with Crippen LogP contribution in [0.3, 0.4) is 0 Å². The van der Waals surface area contributed by atoms with Crippen molar-refractivity contribution in [2.75, 3.05) is 0 Å². The minimum absolute atomic E-state index is 0.291. The number of ether oxygens (including phenoxy) is 1. The molecule has 0 saturated heterocycles. The van der Waals surface area contributed by atoms with E-state index in [0.717, 1.165) is 39.3 Å². The Labute approximate surface area is 184 Å². The van der Waals surface area contributed by atoms with Crippen LogP contribution in [-0.4, -0.2) is 29.6 Å². The van der Waals surface area contributed by atoms with Gasteiger partial charge in [-0.3, -0.25) is 4.68 Å². The number of benzene rings is 2. The number of hydrogen-bond donors (Lipinski definition) is 0. The third-order valence-corrected chi connectivity index (χ3v) is 5.88. The molecule has 2 aromatic carbocycles. The Morgan fingerprint density at radius 1 is 1.00 bits per heavy atom. The average molecular weight is 439 g/mol. The molecule has 2 heterocycles. The molecule has 0 aliphatic rings. The van der Waals surface area contributed by atoms with Crippen LogP contribution >= 0.6 is 11.6 Å². The topological polar surface area (TPSA) is 79.8 Å². The SMILES string of the molecule is Cc1cc(-c2nn(C)c(Cl)c2C)ccc1OCc1c(C)cccc1-n1nnn(C)c1=O. The summed E-state index contributed by atoms with van der Waals surface area (Å²) in [6.45, 7) is 6.22. The van der Waals surface area contributed by atoms with Crippen LogP contribution < -0.4 is 10.4 Å². The summed E-state index contributed by atoms with van der Waals surface area (Å²) in [4.78, 5) is 12.3. The Morgan fingerprint density at radius 3 is 2.39 bits per heavy atom. The van der Waals surface area contributed by atoms with Gasteiger partial charge in [-0.1, -0.05) is 23.7 Å². The molecule has 9 heteroatoms. The maximum atomic E-state index is 12.3. The lowest BCUT2D eigenvalue weighted by Gasteiger charge is -2.14. The van der Waals surface area contributed by atoms with Gasteiger partial charge >= 0.3 is 5.69 Å². The molecular formula is C22H23ClN6O2. The molecule has 4 rings (SSSR count). The highest BCUT2D eigenvalue weighted by molar-refractivity contribution is 6.30. The van der Waals surface area contributed by atoms with Crippen molar-refractivity contribution in [3.63, 3.8) is 0 Å². The third kappa shape index (κ3) is 3.74.